The molecule has 104 valence electrons. The van der Waals surface area contributed by atoms with Crippen molar-refractivity contribution in [1.82, 2.24) is 4.98 Å². The van der Waals surface area contributed by atoms with Crippen LogP contribution in [0.2, 0.25) is 0 Å². The summed E-state index contributed by atoms with van der Waals surface area (Å²) in [5.41, 5.74) is 0.578. The summed E-state index contributed by atoms with van der Waals surface area (Å²) < 4.78 is 6.25. The summed E-state index contributed by atoms with van der Waals surface area (Å²) in [7, 11) is 0. The molecule has 0 atom stereocenters. The van der Waals surface area contributed by atoms with Crippen molar-refractivity contribution in [2.45, 2.75) is 38.5 Å². The van der Waals surface area contributed by atoms with Gasteiger partial charge in [-0.3, -0.25) is 9.78 Å². The molecule has 1 fully saturated rings. The summed E-state index contributed by atoms with van der Waals surface area (Å²) in [6, 6.07) is 3.65. The summed E-state index contributed by atoms with van der Waals surface area (Å²) in [5, 5.41) is 0. The lowest BCUT2D eigenvalue weighted by molar-refractivity contribution is 0.0630. The minimum Gasteiger partial charge on any atom is -0.381 e. The Morgan fingerprint density at radius 3 is 2.79 bits per heavy atom. The van der Waals surface area contributed by atoms with E-state index in [2.05, 4.69) is 20.9 Å². The zero-order valence-corrected chi connectivity index (χ0v) is 12.7. The van der Waals surface area contributed by atoms with Crippen LogP contribution in [0, 0.1) is 5.92 Å². The number of rotatable bonds is 6. The molecule has 3 nitrogen and oxygen atoms in total. The fourth-order valence-electron chi connectivity index (χ4n) is 2.42. The van der Waals surface area contributed by atoms with E-state index in [-0.39, 0.29) is 5.78 Å². The SMILES string of the molecule is O=C(CCCCC1CCOCC1)c1ccc(Br)cn1. The molecule has 0 N–H and O–H groups in total. The Labute approximate surface area is 122 Å². The maximum Gasteiger partial charge on any atom is 0.181 e. The van der Waals surface area contributed by atoms with Gasteiger partial charge in [-0.1, -0.05) is 12.8 Å². The molecule has 1 aliphatic rings. The fourth-order valence-corrected chi connectivity index (χ4v) is 2.66. The van der Waals surface area contributed by atoms with Gasteiger partial charge in [0.05, 0.1) is 0 Å². The molecule has 0 saturated carbocycles. The van der Waals surface area contributed by atoms with E-state index in [0.717, 1.165) is 36.4 Å². The van der Waals surface area contributed by atoms with Crippen molar-refractivity contribution in [1.29, 1.82) is 0 Å². The Morgan fingerprint density at radius 1 is 1.32 bits per heavy atom. The highest BCUT2D eigenvalue weighted by Gasteiger charge is 2.13. The van der Waals surface area contributed by atoms with Crippen molar-refractivity contribution in [2.75, 3.05) is 13.2 Å². The van der Waals surface area contributed by atoms with Crippen LogP contribution in [-0.2, 0) is 4.74 Å². The Hall–Kier alpha value is -0.740. The zero-order chi connectivity index (χ0) is 13.5. The van der Waals surface area contributed by atoms with E-state index in [1.807, 2.05) is 6.07 Å². The van der Waals surface area contributed by atoms with Crippen molar-refractivity contribution in [3.05, 3.63) is 28.5 Å². The summed E-state index contributed by atoms with van der Waals surface area (Å²) >= 11 is 3.32. The van der Waals surface area contributed by atoms with Gasteiger partial charge < -0.3 is 4.74 Å². The topological polar surface area (TPSA) is 39.2 Å². The molecule has 0 aliphatic carbocycles. The maximum atomic E-state index is 11.9. The molecular weight excluding hydrogens is 306 g/mol. The fraction of sp³-hybridized carbons (Fsp3) is 0.600. The summed E-state index contributed by atoms with van der Waals surface area (Å²) in [5.74, 6) is 0.953. The minimum absolute atomic E-state index is 0.152. The van der Waals surface area contributed by atoms with Gasteiger partial charge in [0.1, 0.15) is 5.69 Å². The number of hydrogen-bond acceptors (Lipinski definition) is 3. The molecule has 0 unspecified atom stereocenters. The van der Waals surface area contributed by atoms with Crippen molar-refractivity contribution in [3.63, 3.8) is 0 Å². The average Bonchev–Trinajstić information content (AvgIpc) is 2.45. The first-order valence-electron chi connectivity index (χ1n) is 6.98. The molecular formula is C15H20BrNO2. The van der Waals surface area contributed by atoms with Crippen molar-refractivity contribution >= 4 is 21.7 Å². The maximum absolute atomic E-state index is 11.9. The largest absolute Gasteiger partial charge is 0.381 e. The smallest absolute Gasteiger partial charge is 0.181 e. The first kappa shape index (κ1) is 14.7. The number of Topliss-reactive ketones (excluding diaryl/α,β-unsaturated/α-hetero) is 1. The number of hydrogen-bond donors (Lipinski definition) is 0. The molecule has 0 bridgehead atoms. The van der Waals surface area contributed by atoms with E-state index >= 15 is 0 Å². The Bertz CT molecular complexity index is 399. The molecule has 0 amide bonds. The highest BCUT2D eigenvalue weighted by Crippen LogP contribution is 2.21. The molecule has 1 saturated heterocycles. The number of ether oxygens (including phenoxy) is 1. The second kappa shape index (κ2) is 7.75. The number of carbonyl (C=O) groups is 1. The van der Waals surface area contributed by atoms with Gasteiger partial charge in [0.2, 0.25) is 0 Å². The lowest BCUT2D eigenvalue weighted by Crippen LogP contribution is -2.15. The van der Waals surface area contributed by atoms with Gasteiger partial charge in [-0.15, -0.1) is 0 Å². The molecule has 2 rings (SSSR count). The number of pyridine rings is 1. The van der Waals surface area contributed by atoms with Crippen LogP contribution in [0.3, 0.4) is 0 Å². The Kier molecular flexibility index (Phi) is 5.98. The van der Waals surface area contributed by atoms with Crippen LogP contribution in [0.5, 0.6) is 0 Å². The molecule has 1 aromatic heterocycles. The quantitative estimate of drug-likeness (QED) is 0.586. The van der Waals surface area contributed by atoms with E-state index < -0.39 is 0 Å². The lowest BCUT2D eigenvalue weighted by Gasteiger charge is -2.21. The second-order valence-electron chi connectivity index (χ2n) is 5.09. The third kappa shape index (κ3) is 5.03. The van der Waals surface area contributed by atoms with Crippen LogP contribution in [-0.4, -0.2) is 24.0 Å². The van der Waals surface area contributed by atoms with Gasteiger partial charge in [0.25, 0.3) is 0 Å². The summed E-state index contributed by atoms with van der Waals surface area (Å²) in [4.78, 5) is 16.0. The molecule has 4 heteroatoms. The summed E-state index contributed by atoms with van der Waals surface area (Å²) in [6.45, 7) is 1.82. The van der Waals surface area contributed by atoms with Crippen LogP contribution < -0.4 is 0 Å². The molecule has 0 spiro atoms. The highest BCUT2D eigenvalue weighted by molar-refractivity contribution is 9.10. The Balaban J connectivity index is 1.64. The number of halogens is 1. The van der Waals surface area contributed by atoms with Crippen LogP contribution in [0.4, 0.5) is 0 Å². The van der Waals surface area contributed by atoms with Gasteiger partial charge in [0.15, 0.2) is 5.78 Å². The lowest BCUT2D eigenvalue weighted by atomic mass is 9.93. The second-order valence-corrected chi connectivity index (χ2v) is 6.00. The number of carbonyl (C=O) groups excluding carboxylic acids is 1. The number of unbranched alkanes of at least 4 members (excludes halogenated alkanes) is 1. The normalized spacial score (nSPS) is 16.5. The minimum atomic E-state index is 0.152. The molecule has 1 aromatic rings. The van der Waals surface area contributed by atoms with E-state index in [1.165, 1.54) is 19.3 Å². The number of ketones is 1. The van der Waals surface area contributed by atoms with Gasteiger partial charge >= 0.3 is 0 Å². The number of nitrogens with zero attached hydrogens (tertiary/aromatic N) is 1. The third-order valence-electron chi connectivity index (χ3n) is 3.62. The predicted molar refractivity (Wildman–Crippen MR) is 78.3 cm³/mol. The van der Waals surface area contributed by atoms with Crippen LogP contribution in [0.15, 0.2) is 22.8 Å². The van der Waals surface area contributed by atoms with E-state index in [1.54, 1.807) is 12.3 Å². The monoisotopic (exact) mass is 325 g/mol. The van der Waals surface area contributed by atoms with E-state index in [9.17, 15) is 4.79 Å². The van der Waals surface area contributed by atoms with Crippen LogP contribution in [0.1, 0.15) is 49.0 Å². The molecule has 0 aromatic carbocycles. The average molecular weight is 326 g/mol. The van der Waals surface area contributed by atoms with Gasteiger partial charge in [0, 0.05) is 30.3 Å². The van der Waals surface area contributed by atoms with E-state index in [0.29, 0.717) is 12.1 Å². The van der Waals surface area contributed by atoms with Gasteiger partial charge in [-0.2, -0.15) is 0 Å². The van der Waals surface area contributed by atoms with Gasteiger partial charge in [-0.05, 0) is 53.2 Å². The van der Waals surface area contributed by atoms with Crippen LogP contribution >= 0.6 is 15.9 Å². The van der Waals surface area contributed by atoms with Gasteiger partial charge in [-0.25, -0.2) is 0 Å². The molecule has 0 radical (unpaired) electrons. The molecule has 19 heavy (non-hydrogen) atoms. The highest BCUT2D eigenvalue weighted by atomic mass is 79.9. The van der Waals surface area contributed by atoms with Crippen molar-refractivity contribution in [2.24, 2.45) is 5.92 Å². The number of aromatic nitrogens is 1. The predicted octanol–water partition coefficient (Wildman–Crippen LogP) is 4.01. The standard InChI is InChI=1S/C15H20BrNO2/c16-13-5-6-14(17-11-13)15(18)4-2-1-3-12-7-9-19-10-8-12/h5-6,11-12H,1-4,7-10H2. The Morgan fingerprint density at radius 2 is 2.11 bits per heavy atom. The molecule has 2 heterocycles. The van der Waals surface area contributed by atoms with Crippen molar-refractivity contribution in [3.8, 4) is 0 Å². The third-order valence-corrected chi connectivity index (χ3v) is 4.09. The van der Waals surface area contributed by atoms with Crippen molar-refractivity contribution < 1.29 is 9.53 Å². The summed E-state index contributed by atoms with van der Waals surface area (Å²) in [6.07, 6.45) is 7.98. The molecule has 1 aliphatic heterocycles. The van der Waals surface area contributed by atoms with E-state index in [4.69, 9.17) is 4.74 Å². The first-order valence-corrected chi connectivity index (χ1v) is 7.77. The zero-order valence-electron chi connectivity index (χ0n) is 11.1. The van der Waals surface area contributed by atoms with Crippen LogP contribution in [0.25, 0.3) is 0 Å². The first-order chi connectivity index (χ1) is 9.25.